The first kappa shape index (κ1) is 24.6. The molecule has 1 N–H and O–H groups in total. The molecule has 0 aromatic heterocycles. The van der Waals surface area contributed by atoms with Crippen molar-refractivity contribution in [1.29, 1.82) is 0 Å². The second-order valence-corrected chi connectivity index (χ2v) is 10.0. The first-order chi connectivity index (χ1) is 16.7. The Hall–Kier alpha value is -3.57. The lowest BCUT2D eigenvalue weighted by molar-refractivity contribution is -0.127. The highest BCUT2D eigenvalue weighted by atomic mass is 32.2. The van der Waals surface area contributed by atoms with E-state index in [0.717, 1.165) is 5.56 Å². The molecule has 2 aromatic carbocycles. The highest BCUT2D eigenvalue weighted by Crippen LogP contribution is 2.33. The largest absolute Gasteiger partial charge is 0.493 e. The Labute approximate surface area is 204 Å². The maximum Gasteiger partial charge on any atom is 0.265 e. The minimum absolute atomic E-state index is 0.0582. The Morgan fingerprint density at radius 3 is 2.46 bits per heavy atom. The fourth-order valence-corrected chi connectivity index (χ4v) is 5.32. The van der Waals surface area contributed by atoms with E-state index < -0.39 is 16.1 Å². The maximum atomic E-state index is 13.2. The molecule has 0 saturated carbocycles. The second kappa shape index (κ2) is 9.96. The Kier molecular flexibility index (Phi) is 6.99. The van der Waals surface area contributed by atoms with Gasteiger partial charge in [-0.25, -0.2) is 8.42 Å². The molecule has 35 heavy (non-hydrogen) atoms. The molecule has 11 heteroatoms. The van der Waals surface area contributed by atoms with Gasteiger partial charge in [-0.3, -0.25) is 9.59 Å². The quantitative estimate of drug-likeness (QED) is 0.602. The molecule has 2 amide bonds. The van der Waals surface area contributed by atoms with Crippen LogP contribution in [-0.4, -0.2) is 75.9 Å². The Morgan fingerprint density at radius 1 is 1.06 bits per heavy atom. The van der Waals surface area contributed by atoms with Gasteiger partial charge in [-0.1, -0.05) is 6.07 Å². The third-order valence-corrected chi connectivity index (χ3v) is 7.79. The van der Waals surface area contributed by atoms with Crippen molar-refractivity contribution >= 4 is 33.6 Å². The molecule has 0 aliphatic carbocycles. The summed E-state index contributed by atoms with van der Waals surface area (Å²) in [7, 11) is -0.710. The van der Waals surface area contributed by atoms with Crippen molar-refractivity contribution in [3.63, 3.8) is 0 Å². The van der Waals surface area contributed by atoms with Gasteiger partial charge in [0.1, 0.15) is 5.75 Å². The van der Waals surface area contributed by atoms with E-state index >= 15 is 0 Å². The smallest absolute Gasteiger partial charge is 0.265 e. The second-order valence-electron chi connectivity index (χ2n) is 8.08. The molecule has 2 heterocycles. The number of rotatable bonds is 6. The molecule has 2 aromatic rings. The summed E-state index contributed by atoms with van der Waals surface area (Å²) in [5, 5.41) is 2.67. The van der Waals surface area contributed by atoms with E-state index in [1.54, 1.807) is 44.3 Å². The molecule has 1 unspecified atom stereocenters. The zero-order valence-corrected chi connectivity index (χ0v) is 20.5. The van der Waals surface area contributed by atoms with Crippen molar-refractivity contribution in [3.05, 3.63) is 48.0 Å². The highest BCUT2D eigenvalue weighted by molar-refractivity contribution is 7.89. The number of ether oxygens (including phenoxy) is 3. The Bertz CT molecular complexity index is 1270. The number of carbonyl (C=O) groups is 2. The molecular formula is C24H27N3O7S. The number of hydrogen-bond donors (Lipinski definition) is 1. The number of methoxy groups -OCH3 is 2. The summed E-state index contributed by atoms with van der Waals surface area (Å²) < 4.78 is 43.6. The highest BCUT2D eigenvalue weighted by Gasteiger charge is 2.31. The lowest BCUT2D eigenvalue weighted by atomic mass is 10.2. The number of piperazine rings is 1. The maximum absolute atomic E-state index is 13.2. The van der Waals surface area contributed by atoms with Crippen LogP contribution < -0.4 is 19.5 Å². The van der Waals surface area contributed by atoms with Gasteiger partial charge < -0.3 is 24.4 Å². The molecule has 1 atom stereocenters. The Morgan fingerprint density at radius 2 is 1.77 bits per heavy atom. The molecule has 0 bridgehead atoms. The minimum atomic E-state index is -3.80. The predicted molar refractivity (Wildman–Crippen MR) is 129 cm³/mol. The molecular weight excluding hydrogens is 474 g/mol. The zero-order valence-electron chi connectivity index (χ0n) is 19.7. The molecule has 0 spiro atoms. The molecule has 1 fully saturated rings. The average Bonchev–Trinajstić information content (AvgIpc) is 2.87. The third kappa shape index (κ3) is 5.10. The van der Waals surface area contributed by atoms with Gasteiger partial charge in [-0.05, 0) is 48.9 Å². The van der Waals surface area contributed by atoms with Crippen LogP contribution in [0.2, 0.25) is 0 Å². The number of sulfonamides is 1. The number of nitrogens with zero attached hydrogens (tertiary/aromatic N) is 2. The molecule has 186 valence electrons. The van der Waals surface area contributed by atoms with Crippen molar-refractivity contribution in [2.24, 2.45) is 0 Å². The monoisotopic (exact) mass is 501 g/mol. The van der Waals surface area contributed by atoms with Crippen LogP contribution in [-0.2, 0) is 19.6 Å². The van der Waals surface area contributed by atoms with Gasteiger partial charge in [0, 0.05) is 32.3 Å². The molecule has 2 aliphatic heterocycles. The van der Waals surface area contributed by atoms with Crippen molar-refractivity contribution < 1.29 is 32.2 Å². The van der Waals surface area contributed by atoms with Crippen LogP contribution in [0.25, 0.3) is 6.08 Å². The standard InChI is InChI=1S/C24H27N3O7S/c1-16-24(29)25-19-15-18(6-8-20(19)34-16)35(30,31)27-12-10-26(11-13-27)23(28)9-5-17-4-7-21(32-2)22(14-17)33-3/h4-9,14-16H,10-13H2,1-3H3,(H,25,29). The molecule has 1 saturated heterocycles. The summed E-state index contributed by atoms with van der Waals surface area (Å²) >= 11 is 0. The van der Waals surface area contributed by atoms with Gasteiger partial charge in [0.2, 0.25) is 15.9 Å². The van der Waals surface area contributed by atoms with Crippen LogP contribution >= 0.6 is 0 Å². The van der Waals surface area contributed by atoms with Crippen LogP contribution in [0.5, 0.6) is 17.2 Å². The van der Waals surface area contributed by atoms with E-state index in [2.05, 4.69) is 5.32 Å². The van der Waals surface area contributed by atoms with E-state index in [1.165, 1.54) is 28.6 Å². The van der Waals surface area contributed by atoms with E-state index in [-0.39, 0.29) is 42.9 Å². The van der Waals surface area contributed by atoms with Crippen LogP contribution in [0.15, 0.2) is 47.4 Å². The van der Waals surface area contributed by atoms with Crippen molar-refractivity contribution in [2.45, 2.75) is 17.9 Å². The number of amides is 2. The lowest BCUT2D eigenvalue weighted by Crippen LogP contribution is -2.50. The SMILES string of the molecule is COc1ccc(C=CC(=O)N2CCN(S(=O)(=O)c3ccc4c(c3)NC(=O)C(C)O4)CC2)cc1OC. The van der Waals surface area contributed by atoms with E-state index in [9.17, 15) is 18.0 Å². The topological polar surface area (TPSA) is 114 Å². The number of benzene rings is 2. The number of anilines is 1. The van der Waals surface area contributed by atoms with Gasteiger partial charge in [-0.2, -0.15) is 4.31 Å². The van der Waals surface area contributed by atoms with E-state index in [0.29, 0.717) is 22.9 Å². The van der Waals surface area contributed by atoms with Gasteiger partial charge >= 0.3 is 0 Å². The average molecular weight is 502 g/mol. The predicted octanol–water partition coefficient (Wildman–Crippen LogP) is 1.97. The van der Waals surface area contributed by atoms with E-state index in [4.69, 9.17) is 14.2 Å². The van der Waals surface area contributed by atoms with E-state index in [1.807, 2.05) is 6.07 Å². The number of nitrogens with one attached hydrogen (secondary N) is 1. The number of fused-ring (bicyclic) bond motifs is 1. The molecule has 10 nitrogen and oxygen atoms in total. The van der Waals surface area contributed by atoms with Crippen molar-refractivity contribution in [2.75, 3.05) is 45.7 Å². The summed E-state index contributed by atoms with van der Waals surface area (Å²) in [6.07, 6.45) is 2.49. The number of carbonyl (C=O) groups excluding carboxylic acids is 2. The Balaban J connectivity index is 1.39. The van der Waals surface area contributed by atoms with Gasteiger partial charge in [0.05, 0.1) is 24.8 Å². The van der Waals surface area contributed by atoms with Crippen LogP contribution in [0.1, 0.15) is 12.5 Å². The molecule has 0 radical (unpaired) electrons. The van der Waals surface area contributed by atoms with Crippen LogP contribution in [0.3, 0.4) is 0 Å². The molecule has 2 aliphatic rings. The third-order valence-electron chi connectivity index (χ3n) is 5.90. The summed E-state index contributed by atoms with van der Waals surface area (Å²) in [5.74, 6) is 1.04. The van der Waals surface area contributed by atoms with Crippen molar-refractivity contribution in [3.8, 4) is 17.2 Å². The van der Waals surface area contributed by atoms with Crippen LogP contribution in [0.4, 0.5) is 5.69 Å². The lowest BCUT2D eigenvalue weighted by Gasteiger charge is -2.33. The summed E-state index contributed by atoms with van der Waals surface area (Å²) in [6.45, 7) is 2.46. The fourth-order valence-electron chi connectivity index (χ4n) is 3.88. The summed E-state index contributed by atoms with van der Waals surface area (Å²) in [4.78, 5) is 26.2. The first-order valence-electron chi connectivity index (χ1n) is 11.0. The van der Waals surface area contributed by atoms with Crippen LogP contribution in [0, 0.1) is 0 Å². The molecule has 4 rings (SSSR count). The normalized spacial score (nSPS) is 18.5. The fraction of sp³-hybridized carbons (Fsp3) is 0.333. The zero-order chi connectivity index (χ0) is 25.2. The van der Waals surface area contributed by atoms with Gasteiger partial charge in [0.15, 0.2) is 17.6 Å². The van der Waals surface area contributed by atoms with Crippen molar-refractivity contribution in [1.82, 2.24) is 9.21 Å². The first-order valence-corrected chi connectivity index (χ1v) is 12.5. The minimum Gasteiger partial charge on any atom is -0.493 e. The summed E-state index contributed by atoms with van der Waals surface area (Å²) in [5.41, 5.74) is 1.10. The summed E-state index contributed by atoms with van der Waals surface area (Å²) in [6, 6.07) is 9.73. The number of hydrogen-bond acceptors (Lipinski definition) is 7. The van der Waals surface area contributed by atoms with Gasteiger partial charge in [-0.15, -0.1) is 0 Å². The van der Waals surface area contributed by atoms with Gasteiger partial charge in [0.25, 0.3) is 5.91 Å².